The number of aliphatic hydroxyl groups excluding tert-OH is 1. The van der Waals surface area contributed by atoms with Gasteiger partial charge >= 0.3 is 37.7 Å². The first-order valence-electron chi connectivity index (χ1n) is 2.08. The minimum atomic E-state index is -2.38. The van der Waals surface area contributed by atoms with E-state index in [0.29, 0.717) is 0 Å². The van der Waals surface area contributed by atoms with Crippen LogP contribution in [0.5, 0.6) is 0 Å². The fourth-order valence-corrected chi connectivity index (χ4v) is 1.52. The molecule has 9 heavy (non-hydrogen) atoms. The average Bonchev–Trinajstić information content (AvgIpc) is 1.61. The molecule has 0 aromatic carbocycles. The number of aliphatic hydroxyl groups is 1. The van der Waals surface area contributed by atoms with E-state index in [4.69, 9.17) is 5.11 Å². The van der Waals surface area contributed by atoms with E-state index in [1.807, 2.05) is 0 Å². The van der Waals surface area contributed by atoms with E-state index in [-0.39, 0.29) is 43.5 Å². The molecule has 0 amide bonds. The van der Waals surface area contributed by atoms with E-state index < -0.39 is 13.7 Å². The van der Waals surface area contributed by atoms with Gasteiger partial charge in [0.1, 0.15) is 0 Å². The zero-order chi connectivity index (χ0) is 6.57. The van der Waals surface area contributed by atoms with E-state index in [9.17, 15) is 9.79 Å². The molecule has 0 aromatic heterocycles. The molecular formula is C3H7CaO3PS. The number of rotatable bonds is 3. The van der Waals surface area contributed by atoms with E-state index in [0.717, 1.165) is 11.4 Å². The molecule has 0 fully saturated rings. The largest absolute Gasteiger partial charge is 2.00 e. The summed E-state index contributed by atoms with van der Waals surface area (Å²) in [6, 6.07) is 0. The predicted molar refractivity (Wildman–Crippen MR) is 36.8 cm³/mol. The van der Waals surface area contributed by atoms with Crippen LogP contribution in [0.25, 0.3) is 0 Å². The van der Waals surface area contributed by atoms with Gasteiger partial charge in [-0.25, -0.2) is 7.58 Å². The Morgan fingerprint density at radius 1 is 1.67 bits per heavy atom. The fraction of sp³-hybridized carbons (Fsp3) is 1.00. The fourth-order valence-electron chi connectivity index (χ4n) is 0.169. The summed E-state index contributed by atoms with van der Waals surface area (Å²) in [6.07, 6.45) is -0.534. The smallest absolute Gasteiger partial charge is 0.834 e. The van der Waals surface area contributed by atoms with Gasteiger partial charge in [-0.1, -0.05) is 0 Å². The van der Waals surface area contributed by atoms with Gasteiger partial charge in [0.05, 0.1) is 6.10 Å². The van der Waals surface area contributed by atoms with Crippen molar-refractivity contribution >= 4 is 56.7 Å². The summed E-state index contributed by atoms with van der Waals surface area (Å²) < 4.78 is 0. The molecule has 0 aliphatic carbocycles. The SMILES string of the molecule is CC(O)CSP([O-])[O-].[Ca+2]. The minimum Gasteiger partial charge on any atom is -0.834 e. The maximum Gasteiger partial charge on any atom is 2.00 e. The second-order valence-corrected chi connectivity index (χ2v) is 4.08. The molecule has 1 N–H and O–H groups in total. The molecule has 0 aliphatic heterocycles. The number of hydrogen-bond acceptors (Lipinski definition) is 4. The molecule has 0 aromatic rings. The van der Waals surface area contributed by atoms with Crippen molar-refractivity contribution < 1.29 is 14.9 Å². The van der Waals surface area contributed by atoms with Crippen LogP contribution in [0.1, 0.15) is 6.92 Å². The zero-order valence-corrected chi connectivity index (χ0v) is 9.03. The van der Waals surface area contributed by atoms with E-state index in [1.165, 1.54) is 0 Å². The molecular weight excluding hydrogens is 187 g/mol. The Bertz CT molecular complexity index is 55.0. The van der Waals surface area contributed by atoms with Crippen LogP contribution in [0.3, 0.4) is 0 Å². The van der Waals surface area contributed by atoms with Gasteiger partial charge < -0.3 is 14.9 Å². The maximum atomic E-state index is 9.79. The van der Waals surface area contributed by atoms with Crippen LogP contribution in [0, 0.1) is 0 Å². The molecule has 0 spiro atoms. The molecule has 3 nitrogen and oxygen atoms in total. The van der Waals surface area contributed by atoms with Crippen molar-refractivity contribution in [1.82, 2.24) is 0 Å². The molecule has 0 radical (unpaired) electrons. The summed E-state index contributed by atoms with van der Waals surface area (Å²) in [5.74, 6) is 0.263. The van der Waals surface area contributed by atoms with Crippen molar-refractivity contribution in [2.75, 3.05) is 5.75 Å². The summed E-state index contributed by atoms with van der Waals surface area (Å²) in [6.45, 7) is 1.55. The molecule has 0 aliphatic rings. The number of hydrogen-bond donors (Lipinski definition) is 1. The molecule has 0 saturated carbocycles. The van der Waals surface area contributed by atoms with Crippen molar-refractivity contribution in [2.24, 2.45) is 0 Å². The topological polar surface area (TPSA) is 66.3 Å². The van der Waals surface area contributed by atoms with Gasteiger partial charge in [0.25, 0.3) is 0 Å². The Morgan fingerprint density at radius 3 is 2.22 bits per heavy atom. The van der Waals surface area contributed by atoms with Crippen molar-refractivity contribution in [3.63, 3.8) is 0 Å². The Hall–Kier alpha value is 1.92. The van der Waals surface area contributed by atoms with Crippen LogP contribution in [-0.2, 0) is 0 Å². The van der Waals surface area contributed by atoms with Gasteiger partial charge in [-0.2, -0.15) is 11.4 Å². The molecule has 50 valence electrons. The van der Waals surface area contributed by atoms with Gasteiger partial charge in [-0.3, -0.25) is 0 Å². The predicted octanol–water partition coefficient (Wildman–Crippen LogP) is -1.33. The molecule has 0 saturated heterocycles. The quantitative estimate of drug-likeness (QED) is 0.446. The van der Waals surface area contributed by atoms with E-state index in [2.05, 4.69) is 0 Å². The molecule has 0 bridgehead atoms. The molecule has 0 rings (SSSR count). The summed E-state index contributed by atoms with van der Waals surface area (Å²) in [5, 5.41) is 8.51. The standard InChI is InChI=1S/C3H7O3PS.Ca/c1-3(4)2-8-7(5)6;/h3-4H,2H2,1H3;/q-2;+2. The summed E-state index contributed by atoms with van der Waals surface area (Å²) >= 11 is 0.743. The first-order chi connectivity index (χ1) is 3.63. The first kappa shape index (κ1) is 13.5. The monoisotopic (exact) mass is 194 g/mol. The van der Waals surface area contributed by atoms with Crippen molar-refractivity contribution in [1.29, 1.82) is 0 Å². The molecule has 1 unspecified atom stereocenters. The second-order valence-electron chi connectivity index (χ2n) is 1.37. The van der Waals surface area contributed by atoms with Crippen LogP contribution in [-0.4, -0.2) is 54.7 Å². The van der Waals surface area contributed by atoms with Crippen LogP contribution >= 0.6 is 19.0 Å². The Morgan fingerprint density at radius 2 is 2.11 bits per heavy atom. The van der Waals surface area contributed by atoms with E-state index >= 15 is 0 Å². The third-order valence-electron chi connectivity index (χ3n) is 0.421. The summed E-state index contributed by atoms with van der Waals surface area (Å²) in [7, 11) is -2.38. The average molecular weight is 194 g/mol. The minimum absolute atomic E-state index is 0. The van der Waals surface area contributed by atoms with Crippen molar-refractivity contribution in [2.45, 2.75) is 13.0 Å². The van der Waals surface area contributed by atoms with Gasteiger partial charge in [-0.15, -0.1) is 0 Å². The van der Waals surface area contributed by atoms with Crippen LogP contribution in [0.15, 0.2) is 0 Å². The van der Waals surface area contributed by atoms with Crippen LogP contribution in [0.4, 0.5) is 0 Å². The van der Waals surface area contributed by atoms with E-state index in [1.54, 1.807) is 6.92 Å². The van der Waals surface area contributed by atoms with Gasteiger partial charge in [-0.05, 0) is 6.92 Å². The Labute approximate surface area is 89.5 Å². The Kier molecular flexibility index (Phi) is 12.0. The van der Waals surface area contributed by atoms with Crippen molar-refractivity contribution in [3.05, 3.63) is 0 Å². The summed E-state index contributed by atoms with van der Waals surface area (Å²) in [4.78, 5) is 19.6. The van der Waals surface area contributed by atoms with Crippen LogP contribution in [0.2, 0.25) is 0 Å². The molecule has 1 atom stereocenters. The normalized spacial score (nSPS) is 13.0. The molecule has 6 heteroatoms. The van der Waals surface area contributed by atoms with Gasteiger partial charge in [0, 0.05) is 5.75 Å². The Balaban J connectivity index is 0. The van der Waals surface area contributed by atoms with Crippen LogP contribution < -0.4 is 9.79 Å². The summed E-state index contributed by atoms with van der Waals surface area (Å²) in [5.41, 5.74) is 0. The third-order valence-corrected chi connectivity index (χ3v) is 2.34. The second kappa shape index (κ2) is 8.02. The maximum absolute atomic E-state index is 9.79. The third kappa shape index (κ3) is 13.0. The van der Waals surface area contributed by atoms with Crippen molar-refractivity contribution in [3.8, 4) is 0 Å². The first-order valence-corrected chi connectivity index (χ1v) is 4.85. The van der Waals surface area contributed by atoms with Gasteiger partial charge in [0.15, 0.2) is 0 Å². The van der Waals surface area contributed by atoms with Gasteiger partial charge in [0.2, 0.25) is 0 Å². The zero-order valence-electron chi connectivity index (χ0n) is 5.11. The molecule has 0 heterocycles.